The predicted octanol–water partition coefficient (Wildman–Crippen LogP) is 2.37. The van der Waals surface area contributed by atoms with Gasteiger partial charge in [-0.15, -0.1) is 0 Å². The first kappa shape index (κ1) is 13.5. The van der Waals surface area contributed by atoms with E-state index in [0.29, 0.717) is 5.91 Å². The van der Waals surface area contributed by atoms with Crippen molar-refractivity contribution in [2.75, 3.05) is 13.2 Å². The van der Waals surface area contributed by atoms with E-state index in [4.69, 9.17) is 0 Å². The second-order valence-electron chi connectivity index (χ2n) is 5.19. The van der Waals surface area contributed by atoms with E-state index in [-0.39, 0.29) is 6.04 Å². The van der Waals surface area contributed by atoms with Crippen molar-refractivity contribution in [3.8, 4) is 0 Å². The molecular formula is C13H26N2O. The minimum atomic E-state index is 0.0927. The number of hydrogen-bond donors (Lipinski definition) is 1. The third kappa shape index (κ3) is 4.12. The van der Waals surface area contributed by atoms with Crippen molar-refractivity contribution >= 4 is 5.91 Å². The molecule has 1 saturated heterocycles. The average molecular weight is 226 g/mol. The van der Waals surface area contributed by atoms with Crippen LogP contribution in [0.5, 0.6) is 0 Å². The lowest BCUT2D eigenvalue weighted by atomic mass is 10.1. The predicted molar refractivity (Wildman–Crippen MR) is 67.1 cm³/mol. The van der Waals surface area contributed by atoms with E-state index in [2.05, 4.69) is 26.1 Å². The highest BCUT2D eigenvalue weighted by atomic mass is 16.2. The third-order valence-corrected chi connectivity index (χ3v) is 3.18. The maximum Gasteiger partial charge on any atom is 0.240 e. The molecule has 0 saturated carbocycles. The highest BCUT2D eigenvalue weighted by Gasteiger charge is 2.29. The first-order chi connectivity index (χ1) is 7.65. The van der Waals surface area contributed by atoms with Crippen LogP contribution in [-0.2, 0) is 4.79 Å². The van der Waals surface area contributed by atoms with Crippen LogP contribution in [0.3, 0.4) is 0 Å². The zero-order valence-corrected chi connectivity index (χ0v) is 11.0. The van der Waals surface area contributed by atoms with Crippen molar-refractivity contribution in [1.29, 1.82) is 0 Å². The standard InChI is InChI=1S/C13H26N2O/c1-4-7-12-13(16)15(10-14-12)9-6-5-8-11(2)3/h11-12,14H,4-10H2,1-3H3. The number of carbonyl (C=O) groups excluding carboxylic acids is 1. The maximum atomic E-state index is 11.9. The van der Waals surface area contributed by atoms with E-state index in [0.717, 1.165) is 38.4 Å². The largest absolute Gasteiger partial charge is 0.329 e. The molecule has 1 N–H and O–H groups in total. The Kier molecular flexibility index (Phi) is 5.81. The summed E-state index contributed by atoms with van der Waals surface area (Å²) in [5.74, 6) is 1.09. The highest BCUT2D eigenvalue weighted by Crippen LogP contribution is 2.11. The van der Waals surface area contributed by atoms with Crippen LogP contribution in [0.2, 0.25) is 0 Å². The molecule has 0 aromatic rings. The SMILES string of the molecule is CCCC1NCN(CCCCC(C)C)C1=O. The molecule has 1 aliphatic rings. The van der Waals surface area contributed by atoms with E-state index in [1.165, 1.54) is 12.8 Å². The zero-order valence-electron chi connectivity index (χ0n) is 11.0. The number of nitrogens with one attached hydrogen (secondary N) is 1. The molecule has 0 radical (unpaired) electrons. The lowest BCUT2D eigenvalue weighted by molar-refractivity contribution is -0.129. The van der Waals surface area contributed by atoms with E-state index in [1.807, 2.05) is 4.90 Å². The van der Waals surface area contributed by atoms with Crippen molar-refractivity contribution in [2.24, 2.45) is 5.92 Å². The number of unbranched alkanes of at least 4 members (excludes halogenated alkanes) is 1. The van der Waals surface area contributed by atoms with Gasteiger partial charge in [-0.2, -0.15) is 0 Å². The summed E-state index contributed by atoms with van der Waals surface area (Å²) in [7, 11) is 0. The Morgan fingerprint density at radius 2 is 2.19 bits per heavy atom. The quantitative estimate of drug-likeness (QED) is 0.676. The van der Waals surface area contributed by atoms with Crippen LogP contribution in [0, 0.1) is 5.92 Å². The molecule has 0 aromatic heterocycles. The first-order valence-corrected chi connectivity index (χ1v) is 6.67. The van der Waals surface area contributed by atoms with Gasteiger partial charge in [-0.05, 0) is 18.8 Å². The number of amides is 1. The molecule has 0 aliphatic carbocycles. The second kappa shape index (κ2) is 6.89. The van der Waals surface area contributed by atoms with Crippen LogP contribution >= 0.6 is 0 Å². The fourth-order valence-electron chi connectivity index (χ4n) is 2.16. The molecular weight excluding hydrogens is 200 g/mol. The molecule has 1 fully saturated rings. The molecule has 0 spiro atoms. The average Bonchev–Trinajstić information content (AvgIpc) is 2.57. The summed E-state index contributed by atoms with van der Waals surface area (Å²) in [5.41, 5.74) is 0. The molecule has 1 aliphatic heterocycles. The lowest BCUT2D eigenvalue weighted by Gasteiger charge is -2.15. The summed E-state index contributed by atoms with van der Waals surface area (Å²) in [6.45, 7) is 8.31. The fraction of sp³-hybridized carbons (Fsp3) is 0.923. The van der Waals surface area contributed by atoms with Gasteiger partial charge in [0.15, 0.2) is 0 Å². The van der Waals surface area contributed by atoms with E-state index in [1.54, 1.807) is 0 Å². The van der Waals surface area contributed by atoms with Gasteiger partial charge < -0.3 is 4.90 Å². The van der Waals surface area contributed by atoms with E-state index < -0.39 is 0 Å². The Balaban J connectivity index is 2.16. The van der Waals surface area contributed by atoms with Crippen molar-refractivity contribution < 1.29 is 4.79 Å². The molecule has 1 rings (SSSR count). The van der Waals surface area contributed by atoms with Crippen molar-refractivity contribution in [3.63, 3.8) is 0 Å². The normalized spacial score (nSPS) is 21.1. The number of hydrogen-bond acceptors (Lipinski definition) is 2. The molecule has 1 heterocycles. The first-order valence-electron chi connectivity index (χ1n) is 6.67. The Morgan fingerprint density at radius 1 is 1.44 bits per heavy atom. The Hall–Kier alpha value is -0.570. The molecule has 16 heavy (non-hydrogen) atoms. The Morgan fingerprint density at radius 3 is 2.81 bits per heavy atom. The van der Waals surface area contributed by atoms with Crippen LogP contribution in [0.1, 0.15) is 52.9 Å². The summed E-state index contributed by atoms with van der Waals surface area (Å²) in [6.07, 6.45) is 5.70. The molecule has 3 heteroatoms. The zero-order chi connectivity index (χ0) is 12.0. The molecule has 1 amide bonds. The summed E-state index contributed by atoms with van der Waals surface area (Å²) in [4.78, 5) is 13.9. The summed E-state index contributed by atoms with van der Waals surface area (Å²) in [6, 6.07) is 0.0927. The van der Waals surface area contributed by atoms with Gasteiger partial charge in [-0.25, -0.2) is 0 Å². The fourth-order valence-corrected chi connectivity index (χ4v) is 2.16. The number of carbonyl (C=O) groups is 1. The van der Waals surface area contributed by atoms with Gasteiger partial charge in [0.1, 0.15) is 0 Å². The van der Waals surface area contributed by atoms with Gasteiger partial charge in [0.2, 0.25) is 5.91 Å². The second-order valence-corrected chi connectivity index (χ2v) is 5.19. The van der Waals surface area contributed by atoms with Crippen LogP contribution in [0.25, 0.3) is 0 Å². The van der Waals surface area contributed by atoms with Crippen molar-refractivity contribution in [2.45, 2.75) is 58.9 Å². The molecule has 3 nitrogen and oxygen atoms in total. The molecule has 0 bridgehead atoms. The monoisotopic (exact) mass is 226 g/mol. The van der Waals surface area contributed by atoms with Crippen LogP contribution in [-0.4, -0.2) is 30.1 Å². The van der Waals surface area contributed by atoms with Gasteiger partial charge >= 0.3 is 0 Å². The van der Waals surface area contributed by atoms with Gasteiger partial charge in [0.25, 0.3) is 0 Å². The van der Waals surface area contributed by atoms with Crippen LogP contribution in [0.4, 0.5) is 0 Å². The minimum Gasteiger partial charge on any atom is -0.329 e. The summed E-state index contributed by atoms with van der Waals surface area (Å²) < 4.78 is 0. The summed E-state index contributed by atoms with van der Waals surface area (Å²) in [5, 5.41) is 3.28. The van der Waals surface area contributed by atoms with Gasteiger partial charge in [0.05, 0.1) is 12.7 Å². The Labute approximate surface area is 99.6 Å². The smallest absolute Gasteiger partial charge is 0.240 e. The minimum absolute atomic E-state index is 0.0927. The van der Waals surface area contributed by atoms with E-state index in [9.17, 15) is 4.79 Å². The Bertz CT molecular complexity index is 216. The van der Waals surface area contributed by atoms with Gasteiger partial charge in [-0.3, -0.25) is 10.1 Å². The molecule has 94 valence electrons. The van der Waals surface area contributed by atoms with Gasteiger partial charge in [0, 0.05) is 6.54 Å². The van der Waals surface area contributed by atoms with Crippen molar-refractivity contribution in [1.82, 2.24) is 10.2 Å². The number of nitrogens with zero attached hydrogens (tertiary/aromatic N) is 1. The molecule has 1 unspecified atom stereocenters. The third-order valence-electron chi connectivity index (χ3n) is 3.18. The van der Waals surface area contributed by atoms with E-state index >= 15 is 0 Å². The molecule has 0 aromatic carbocycles. The lowest BCUT2D eigenvalue weighted by Crippen LogP contribution is -2.31. The molecule has 1 atom stereocenters. The van der Waals surface area contributed by atoms with Crippen LogP contribution in [0.15, 0.2) is 0 Å². The van der Waals surface area contributed by atoms with Gasteiger partial charge in [-0.1, -0.05) is 40.0 Å². The highest BCUT2D eigenvalue weighted by molar-refractivity contribution is 5.83. The summed E-state index contributed by atoms with van der Waals surface area (Å²) >= 11 is 0. The maximum absolute atomic E-state index is 11.9. The topological polar surface area (TPSA) is 32.3 Å². The van der Waals surface area contributed by atoms with Crippen LogP contribution < -0.4 is 5.32 Å². The number of rotatable bonds is 7. The van der Waals surface area contributed by atoms with Crippen molar-refractivity contribution in [3.05, 3.63) is 0 Å².